The zero-order valence-corrected chi connectivity index (χ0v) is 38.5. The minimum Gasteiger partial charge on any atom is -0.443 e. The molecule has 0 fully saturated rings. The summed E-state index contributed by atoms with van der Waals surface area (Å²) in [7, 11) is 0. The molecule has 24 nitrogen and oxygen atoms in total. The van der Waals surface area contributed by atoms with Gasteiger partial charge in [0.1, 0.15) is 73.5 Å². The summed E-state index contributed by atoms with van der Waals surface area (Å²) in [6, 6.07) is 0.654. The summed E-state index contributed by atoms with van der Waals surface area (Å²) in [6.07, 6.45) is 2.66. The topological polar surface area (TPSA) is 373 Å². The molecule has 6 rings (SSSR count). The number of ketones is 1. The van der Waals surface area contributed by atoms with Crippen LogP contribution < -0.4 is 38.1 Å². The number of primary amides is 2. The van der Waals surface area contributed by atoms with Gasteiger partial charge in [-0.1, -0.05) is 19.6 Å². The van der Waals surface area contributed by atoms with Gasteiger partial charge >= 0.3 is 0 Å². The van der Waals surface area contributed by atoms with Crippen molar-refractivity contribution in [3.8, 4) is 22.0 Å². The SMILES string of the molecule is C=C(NC(=O)c1ccc(-c2nc(C(=O)NC(C(=O)N/C(=C\CC)c3nc(C(=O)NCc4nc(C(=O)NC(C)c5nc(C(N)=O)cs5)cs4)co3)C(C)O)cs2)c(-c2coc(C(C)=O)n2)n1)C(N)=O. The summed E-state index contributed by atoms with van der Waals surface area (Å²) in [6.45, 7) is 9.28. The average Bonchev–Trinajstić information content (AvgIpc) is 4.16. The largest absolute Gasteiger partial charge is 0.443 e. The predicted octanol–water partition coefficient (Wildman–Crippen LogP) is 2.26. The lowest BCUT2D eigenvalue weighted by molar-refractivity contribution is -0.124. The van der Waals surface area contributed by atoms with Crippen molar-refractivity contribution < 1.29 is 52.3 Å². The number of carbonyl (C=O) groups is 8. The van der Waals surface area contributed by atoms with Crippen LogP contribution in [0.4, 0.5) is 0 Å². The highest BCUT2D eigenvalue weighted by molar-refractivity contribution is 7.13. The van der Waals surface area contributed by atoms with Gasteiger partial charge in [-0.25, -0.2) is 29.9 Å². The summed E-state index contributed by atoms with van der Waals surface area (Å²) in [5, 5.41) is 28.8. The number of carbonyl (C=O) groups excluding carboxylic acids is 8. The fourth-order valence-corrected chi connectivity index (χ4v) is 8.02. The van der Waals surface area contributed by atoms with E-state index in [-0.39, 0.29) is 80.1 Å². The molecule has 352 valence electrons. The maximum atomic E-state index is 13.6. The average molecular weight is 986 g/mol. The first-order chi connectivity index (χ1) is 32.3. The summed E-state index contributed by atoms with van der Waals surface area (Å²) in [4.78, 5) is 126. The molecule has 10 N–H and O–H groups in total. The third kappa shape index (κ3) is 11.8. The number of aromatic nitrogens is 6. The third-order valence-corrected chi connectivity index (χ3v) is 11.8. The van der Waals surface area contributed by atoms with Gasteiger partial charge in [0.25, 0.3) is 41.3 Å². The maximum absolute atomic E-state index is 13.6. The number of Topliss-reactive ketones (excluding diaryl/α,β-unsaturated/α-hetero) is 1. The molecule has 0 saturated carbocycles. The Morgan fingerprint density at radius 3 is 2.12 bits per heavy atom. The second-order valence-electron chi connectivity index (χ2n) is 14.2. The molecule has 3 unspecified atom stereocenters. The molecule has 0 aliphatic rings. The van der Waals surface area contributed by atoms with Gasteiger partial charge in [0, 0.05) is 28.6 Å². The molecule has 0 spiro atoms. The zero-order valence-electron chi connectivity index (χ0n) is 36.1. The summed E-state index contributed by atoms with van der Waals surface area (Å²) < 4.78 is 10.8. The van der Waals surface area contributed by atoms with Gasteiger partial charge in [-0.3, -0.25) is 38.4 Å². The molecule has 0 bridgehead atoms. The van der Waals surface area contributed by atoms with Crippen LogP contribution in [0.1, 0.15) is 119 Å². The standard InChI is InChI=1S/C41H39N13O11S3/c1-6-7-22(39-51-24(12-65-39)33(59)44-10-28-47-26(14-66-28)35(61)46-17(3)40-52-25(13-67-40)32(43)58)49-37(63)29(18(4)55)54-36(62)27-15-68-41(53-27)20-8-9-21(34(60)45-16(2)31(42)57)48-30(20)23-11-64-38(50-23)19(5)56/h7-9,11-15,17-18,29,55H,2,6,10H2,1,3-5H3,(H2,42,57)(H2,43,58)(H,44,59)(H,45,60)(H,46,61)(H,49,63)(H,54,62)/b22-7-. The van der Waals surface area contributed by atoms with Crippen LogP contribution in [-0.4, -0.2) is 94.3 Å². The number of nitrogens with two attached hydrogens (primary N) is 2. The highest BCUT2D eigenvalue weighted by Crippen LogP contribution is 2.33. The first-order valence-corrected chi connectivity index (χ1v) is 22.5. The summed E-state index contributed by atoms with van der Waals surface area (Å²) >= 11 is 3.27. The minimum atomic E-state index is -1.55. The van der Waals surface area contributed by atoms with Crippen LogP contribution in [-0.2, 0) is 16.1 Å². The maximum Gasteiger partial charge on any atom is 0.274 e. The van der Waals surface area contributed by atoms with Crippen LogP contribution in [0.3, 0.4) is 0 Å². The normalized spacial score (nSPS) is 12.6. The molecule has 68 heavy (non-hydrogen) atoms. The third-order valence-electron chi connectivity index (χ3n) is 9.07. The smallest absolute Gasteiger partial charge is 0.274 e. The van der Waals surface area contributed by atoms with Crippen molar-refractivity contribution in [2.45, 2.75) is 58.8 Å². The molecule has 0 aromatic carbocycles. The highest BCUT2D eigenvalue weighted by Gasteiger charge is 2.30. The van der Waals surface area contributed by atoms with Crippen molar-refractivity contribution in [3.63, 3.8) is 0 Å². The molecule has 0 saturated heterocycles. The Morgan fingerprint density at radius 1 is 0.765 bits per heavy atom. The molecule has 3 atom stereocenters. The van der Waals surface area contributed by atoms with E-state index >= 15 is 0 Å². The van der Waals surface area contributed by atoms with Gasteiger partial charge in [-0.05, 0) is 32.4 Å². The number of nitrogens with zero attached hydrogens (tertiary/aromatic N) is 6. The number of aliphatic hydroxyl groups excluding tert-OH is 1. The van der Waals surface area contributed by atoms with Gasteiger partial charge in [-0.2, -0.15) is 0 Å². The Hall–Kier alpha value is -8.14. The van der Waals surface area contributed by atoms with Crippen LogP contribution in [0.5, 0.6) is 0 Å². The van der Waals surface area contributed by atoms with Crippen LogP contribution >= 0.6 is 34.0 Å². The number of rotatable bonds is 20. The van der Waals surface area contributed by atoms with Crippen molar-refractivity contribution >= 4 is 86.8 Å². The summed E-state index contributed by atoms with van der Waals surface area (Å²) in [5.74, 6) is -6.30. The molecule has 0 aliphatic heterocycles. The van der Waals surface area contributed by atoms with Crippen LogP contribution in [0.15, 0.2) is 68.0 Å². The molecule has 0 radical (unpaired) electrons. The van der Waals surface area contributed by atoms with E-state index in [1.165, 1.54) is 59.5 Å². The number of hydrogen-bond donors (Lipinski definition) is 8. The number of nitrogens with one attached hydrogen (secondary N) is 5. The van der Waals surface area contributed by atoms with Crippen molar-refractivity contribution in [2.75, 3.05) is 0 Å². The second kappa shape index (κ2) is 21.4. The molecular formula is C41H39N13O11S3. The highest BCUT2D eigenvalue weighted by atomic mass is 32.1. The number of thiazole rings is 3. The number of allylic oxidation sites excluding steroid dienone is 1. The summed E-state index contributed by atoms with van der Waals surface area (Å²) in [5.41, 5.74) is 10.0. The number of aliphatic hydroxyl groups is 1. The van der Waals surface area contributed by atoms with E-state index < -0.39 is 65.3 Å². The van der Waals surface area contributed by atoms with Crippen LogP contribution in [0.25, 0.3) is 27.7 Å². The van der Waals surface area contributed by atoms with Gasteiger partial charge in [-0.15, -0.1) is 34.0 Å². The molecule has 27 heteroatoms. The van der Waals surface area contributed by atoms with Gasteiger partial charge in [0.15, 0.2) is 5.69 Å². The number of amides is 7. The Bertz CT molecular complexity index is 3000. The second-order valence-corrected chi connectivity index (χ2v) is 16.9. The lowest BCUT2D eigenvalue weighted by Crippen LogP contribution is -2.52. The van der Waals surface area contributed by atoms with Crippen molar-refractivity contribution in [3.05, 3.63) is 109 Å². The van der Waals surface area contributed by atoms with Gasteiger partial charge in [0.05, 0.1) is 24.4 Å². The zero-order chi connectivity index (χ0) is 49.4. The Kier molecular flexibility index (Phi) is 15.5. The minimum absolute atomic E-state index is 0.0153. The number of pyridine rings is 1. The predicted molar refractivity (Wildman–Crippen MR) is 242 cm³/mol. The number of oxazole rings is 2. The van der Waals surface area contributed by atoms with Crippen LogP contribution in [0.2, 0.25) is 0 Å². The molecular weight excluding hydrogens is 947 g/mol. The van der Waals surface area contributed by atoms with Crippen molar-refractivity contribution in [1.29, 1.82) is 0 Å². The lowest BCUT2D eigenvalue weighted by atomic mass is 10.1. The van der Waals surface area contributed by atoms with Crippen LogP contribution in [0, 0.1) is 0 Å². The van der Waals surface area contributed by atoms with E-state index in [1.807, 2.05) is 0 Å². The quantitative estimate of drug-likeness (QED) is 0.0402. The Balaban J connectivity index is 1.09. The Morgan fingerprint density at radius 2 is 1.46 bits per heavy atom. The molecule has 6 aromatic heterocycles. The van der Waals surface area contributed by atoms with Crippen molar-refractivity contribution in [2.24, 2.45) is 11.5 Å². The monoisotopic (exact) mass is 985 g/mol. The first-order valence-electron chi connectivity index (χ1n) is 19.8. The molecule has 6 aromatic rings. The van der Waals surface area contributed by atoms with E-state index in [2.05, 4.69) is 63.1 Å². The lowest BCUT2D eigenvalue weighted by Gasteiger charge is -2.20. The molecule has 6 heterocycles. The van der Waals surface area contributed by atoms with E-state index in [0.29, 0.717) is 16.4 Å². The van der Waals surface area contributed by atoms with Crippen molar-refractivity contribution in [1.82, 2.24) is 56.5 Å². The first kappa shape index (κ1) is 49.3. The molecule has 0 aliphatic carbocycles. The van der Waals surface area contributed by atoms with E-state index in [0.717, 1.165) is 35.2 Å². The van der Waals surface area contributed by atoms with E-state index in [4.69, 9.17) is 20.3 Å². The fraction of sp³-hybridized carbons (Fsp3) is 0.220. The Labute approximate surface area is 395 Å². The van der Waals surface area contributed by atoms with E-state index in [1.54, 1.807) is 13.8 Å². The van der Waals surface area contributed by atoms with E-state index in [9.17, 15) is 43.5 Å². The molecule has 7 amide bonds. The van der Waals surface area contributed by atoms with Gasteiger partial charge in [0.2, 0.25) is 17.6 Å². The number of hydrogen-bond acceptors (Lipinski definition) is 20. The fourth-order valence-electron chi connectivity index (χ4n) is 5.67. The van der Waals surface area contributed by atoms with Gasteiger partial charge < -0.3 is 52.0 Å².